The van der Waals surface area contributed by atoms with Gasteiger partial charge < -0.3 is 10.2 Å². The van der Waals surface area contributed by atoms with Gasteiger partial charge in [-0.25, -0.2) is 8.42 Å². The first kappa shape index (κ1) is 21.8. The second kappa shape index (κ2) is 9.71. The van der Waals surface area contributed by atoms with E-state index in [1.807, 2.05) is 30.3 Å². The van der Waals surface area contributed by atoms with E-state index < -0.39 is 16.1 Å². The van der Waals surface area contributed by atoms with Gasteiger partial charge >= 0.3 is 0 Å². The minimum absolute atomic E-state index is 0.0528. The second-order valence-corrected chi connectivity index (χ2v) is 9.55. The predicted molar refractivity (Wildman–Crippen MR) is 114 cm³/mol. The Hall–Kier alpha value is -1.93. The van der Waals surface area contributed by atoms with Crippen molar-refractivity contribution in [3.05, 3.63) is 65.2 Å². The van der Waals surface area contributed by atoms with Crippen molar-refractivity contribution < 1.29 is 13.2 Å². The van der Waals surface area contributed by atoms with Crippen LogP contribution in [0.4, 0.5) is 0 Å². The van der Waals surface area contributed by atoms with Crippen molar-refractivity contribution in [2.45, 2.75) is 36.2 Å². The largest absolute Gasteiger partial charge is 0.352 e. The van der Waals surface area contributed by atoms with Crippen molar-refractivity contribution in [3.63, 3.8) is 0 Å². The Labute approximate surface area is 177 Å². The van der Waals surface area contributed by atoms with Gasteiger partial charge in [0.05, 0.1) is 4.90 Å². The minimum Gasteiger partial charge on any atom is -0.352 e. The number of benzene rings is 2. The Balaban J connectivity index is 1.76. The topological polar surface area (TPSA) is 78.5 Å². The van der Waals surface area contributed by atoms with Gasteiger partial charge in [0, 0.05) is 11.1 Å². The van der Waals surface area contributed by atoms with Crippen molar-refractivity contribution >= 4 is 27.5 Å². The smallest absolute Gasteiger partial charge is 0.241 e. The molecule has 1 saturated heterocycles. The van der Waals surface area contributed by atoms with E-state index in [0.717, 1.165) is 31.5 Å². The van der Waals surface area contributed by atoms with Gasteiger partial charge in [-0.15, -0.1) is 0 Å². The minimum atomic E-state index is -3.87. The summed E-state index contributed by atoms with van der Waals surface area (Å²) in [6.07, 6.45) is 1.97. The Morgan fingerprint density at radius 1 is 1.10 bits per heavy atom. The highest BCUT2D eigenvalue weighted by molar-refractivity contribution is 7.89. The van der Waals surface area contributed by atoms with Crippen LogP contribution in [-0.2, 0) is 21.2 Å². The molecule has 1 atom stereocenters. The van der Waals surface area contributed by atoms with Crippen LogP contribution in [0, 0.1) is 0 Å². The maximum absolute atomic E-state index is 13.0. The molecule has 0 aromatic heterocycles. The first-order valence-electron chi connectivity index (χ1n) is 9.64. The van der Waals surface area contributed by atoms with E-state index in [0.29, 0.717) is 5.02 Å². The molecule has 6 nitrogen and oxygen atoms in total. The highest BCUT2D eigenvalue weighted by Crippen LogP contribution is 2.16. The van der Waals surface area contributed by atoms with Crippen molar-refractivity contribution in [1.29, 1.82) is 0 Å². The zero-order chi connectivity index (χ0) is 20.9. The third kappa shape index (κ3) is 6.27. The van der Waals surface area contributed by atoms with Gasteiger partial charge in [0.2, 0.25) is 15.9 Å². The lowest BCUT2D eigenvalue weighted by molar-refractivity contribution is -0.123. The molecular weight excluding hydrogens is 410 g/mol. The number of carbonyl (C=O) groups excluding carboxylic acids is 1. The summed E-state index contributed by atoms with van der Waals surface area (Å²) >= 11 is 5.86. The molecule has 0 aliphatic carbocycles. The molecule has 1 aliphatic heterocycles. The quantitative estimate of drug-likeness (QED) is 0.700. The van der Waals surface area contributed by atoms with Crippen LogP contribution in [0.15, 0.2) is 59.5 Å². The summed E-state index contributed by atoms with van der Waals surface area (Å²) in [6, 6.07) is 14.4. The molecule has 2 aromatic carbocycles. The SMILES string of the molecule is CN1CCC(NC(=O)[C@H](Cc2ccccc2)NS(=O)(=O)c2ccc(Cl)cc2)CC1. The van der Waals surface area contributed by atoms with Gasteiger partial charge in [-0.3, -0.25) is 4.79 Å². The second-order valence-electron chi connectivity index (χ2n) is 7.40. The average Bonchev–Trinajstić information content (AvgIpc) is 2.70. The summed E-state index contributed by atoms with van der Waals surface area (Å²) in [5.41, 5.74) is 0.884. The molecule has 1 fully saturated rings. The first-order valence-corrected chi connectivity index (χ1v) is 11.5. The number of piperidine rings is 1. The van der Waals surface area contributed by atoms with Crippen LogP contribution in [-0.4, -0.2) is 51.4 Å². The maximum Gasteiger partial charge on any atom is 0.241 e. The monoisotopic (exact) mass is 435 g/mol. The fourth-order valence-electron chi connectivity index (χ4n) is 3.36. The Morgan fingerprint density at radius 3 is 2.34 bits per heavy atom. The van der Waals surface area contributed by atoms with E-state index in [9.17, 15) is 13.2 Å². The summed E-state index contributed by atoms with van der Waals surface area (Å²) in [4.78, 5) is 15.3. The number of carbonyl (C=O) groups is 1. The number of amides is 1. The van der Waals surface area contributed by atoms with E-state index >= 15 is 0 Å². The number of rotatable bonds is 7. The van der Waals surface area contributed by atoms with Crippen LogP contribution < -0.4 is 10.0 Å². The Morgan fingerprint density at radius 2 is 1.72 bits per heavy atom. The van der Waals surface area contributed by atoms with E-state index in [1.165, 1.54) is 24.3 Å². The predicted octanol–water partition coefficient (Wildman–Crippen LogP) is 2.44. The van der Waals surface area contributed by atoms with Crippen LogP contribution in [0.2, 0.25) is 5.02 Å². The maximum atomic E-state index is 13.0. The van der Waals surface area contributed by atoms with Gasteiger partial charge in [0.25, 0.3) is 0 Å². The average molecular weight is 436 g/mol. The summed E-state index contributed by atoms with van der Waals surface area (Å²) in [6.45, 7) is 1.82. The third-order valence-electron chi connectivity index (χ3n) is 5.09. The van der Waals surface area contributed by atoms with Crippen LogP contribution >= 0.6 is 11.6 Å². The molecule has 2 N–H and O–H groups in total. The number of nitrogens with zero attached hydrogens (tertiary/aromatic N) is 1. The van der Waals surface area contributed by atoms with Gasteiger partial charge in [-0.05, 0) is 69.2 Å². The van der Waals surface area contributed by atoms with E-state index in [-0.39, 0.29) is 23.3 Å². The molecular formula is C21H26ClN3O3S. The first-order chi connectivity index (χ1) is 13.8. The number of hydrogen-bond acceptors (Lipinski definition) is 4. The lowest BCUT2D eigenvalue weighted by Gasteiger charge is -2.30. The molecule has 8 heteroatoms. The van der Waals surface area contributed by atoms with Crippen LogP contribution in [0.1, 0.15) is 18.4 Å². The van der Waals surface area contributed by atoms with Gasteiger partial charge in [-0.1, -0.05) is 41.9 Å². The molecule has 0 radical (unpaired) electrons. The zero-order valence-corrected chi connectivity index (χ0v) is 17.9. The molecule has 1 heterocycles. The number of sulfonamides is 1. The fourth-order valence-corrected chi connectivity index (χ4v) is 4.68. The van der Waals surface area contributed by atoms with Crippen molar-refractivity contribution in [3.8, 4) is 0 Å². The number of hydrogen-bond donors (Lipinski definition) is 2. The molecule has 1 amide bonds. The van der Waals surface area contributed by atoms with Crippen LogP contribution in [0.3, 0.4) is 0 Å². The van der Waals surface area contributed by atoms with E-state index in [2.05, 4.69) is 22.0 Å². The third-order valence-corrected chi connectivity index (χ3v) is 6.82. The number of nitrogens with one attached hydrogen (secondary N) is 2. The molecule has 1 aliphatic rings. The lowest BCUT2D eigenvalue weighted by atomic mass is 10.0. The normalized spacial score (nSPS) is 17.0. The van der Waals surface area contributed by atoms with Gasteiger partial charge in [0.1, 0.15) is 6.04 Å². The van der Waals surface area contributed by atoms with Crippen molar-refractivity contribution in [2.24, 2.45) is 0 Å². The van der Waals surface area contributed by atoms with Gasteiger partial charge in [0.15, 0.2) is 0 Å². The highest BCUT2D eigenvalue weighted by Gasteiger charge is 2.28. The fraction of sp³-hybridized carbons (Fsp3) is 0.381. The summed E-state index contributed by atoms with van der Waals surface area (Å²) in [5.74, 6) is -0.305. The Kier molecular flexibility index (Phi) is 7.29. The summed E-state index contributed by atoms with van der Waals surface area (Å²) < 4.78 is 28.3. The van der Waals surface area contributed by atoms with Gasteiger partial charge in [-0.2, -0.15) is 4.72 Å². The van der Waals surface area contributed by atoms with E-state index in [4.69, 9.17) is 11.6 Å². The molecule has 0 unspecified atom stereocenters. The summed E-state index contributed by atoms with van der Waals surface area (Å²) in [7, 11) is -1.82. The molecule has 0 bridgehead atoms. The van der Waals surface area contributed by atoms with Crippen molar-refractivity contribution in [1.82, 2.24) is 14.9 Å². The van der Waals surface area contributed by atoms with Crippen LogP contribution in [0.5, 0.6) is 0 Å². The Bertz CT molecular complexity index is 912. The molecule has 29 heavy (non-hydrogen) atoms. The molecule has 3 rings (SSSR count). The number of halogens is 1. The molecule has 156 valence electrons. The lowest BCUT2D eigenvalue weighted by Crippen LogP contribution is -2.52. The molecule has 0 saturated carbocycles. The highest BCUT2D eigenvalue weighted by atomic mass is 35.5. The summed E-state index contributed by atoms with van der Waals surface area (Å²) in [5, 5.41) is 3.48. The molecule has 0 spiro atoms. The van der Waals surface area contributed by atoms with Crippen molar-refractivity contribution in [2.75, 3.05) is 20.1 Å². The zero-order valence-electron chi connectivity index (χ0n) is 16.3. The molecule has 2 aromatic rings. The standard InChI is InChI=1S/C21H26ClN3O3S/c1-25-13-11-18(12-14-25)23-21(26)20(15-16-5-3-2-4-6-16)24-29(27,28)19-9-7-17(22)8-10-19/h2-10,18,20,24H,11-15H2,1H3,(H,23,26)/t20-/m0/s1. The van der Waals surface area contributed by atoms with E-state index in [1.54, 1.807) is 0 Å². The van der Waals surface area contributed by atoms with Crippen LogP contribution in [0.25, 0.3) is 0 Å². The number of likely N-dealkylation sites (tertiary alicyclic amines) is 1.